The summed E-state index contributed by atoms with van der Waals surface area (Å²) in [7, 11) is 1.59. The molecule has 5 heteroatoms. The summed E-state index contributed by atoms with van der Waals surface area (Å²) in [5.74, 6) is -1.43. The Kier molecular flexibility index (Phi) is 4.37. The van der Waals surface area contributed by atoms with Gasteiger partial charge in [-0.15, -0.1) is 0 Å². The fourth-order valence-electron chi connectivity index (χ4n) is 3.84. The van der Waals surface area contributed by atoms with Crippen LogP contribution in [-0.4, -0.2) is 24.1 Å². The van der Waals surface area contributed by atoms with Crippen molar-refractivity contribution in [3.63, 3.8) is 0 Å². The van der Waals surface area contributed by atoms with Gasteiger partial charge in [-0.25, -0.2) is 0 Å². The molecule has 0 radical (unpaired) electrons. The minimum absolute atomic E-state index is 0.0266. The summed E-state index contributed by atoms with van der Waals surface area (Å²) < 4.78 is 5.28. The van der Waals surface area contributed by atoms with Crippen molar-refractivity contribution in [2.45, 2.75) is 19.4 Å². The highest BCUT2D eigenvalue weighted by atomic mass is 16.5. The van der Waals surface area contributed by atoms with Gasteiger partial charge in [0.1, 0.15) is 5.75 Å². The Morgan fingerprint density at radius 3 is 2.43 bits per heavy atom. The van der Waals surface area contributed by atoms with Crippen LogP contribution in [0.15, 0.2) is 36.4 Å². The average molecular weight is 315 g/mol. The number of rotatable bonds is 5. The number of methoxy groups -OCH3 is 1. The maximum Gasteiger partial charge on any atom is 0.307 e. The Morgan fingerprint density at radius 2 is 1.83 bits per heavy atom. The molecule has 1 amide bonds. The number of hydrogen-bond donors (Lipinski definition) is 2. The molecule has 122 valence electrons. The van der Waals surface area contributed by atoms with E-state index in [-0.39, 0.29) is 17.7 Å². The molecule has 0 aromatic heterocycles. The number of carbonyl (C=O) groups is 2. The van der Waals surface area contributed by atoms with Gasteiger partial charge in [-0.3, -0.25) is 9.59 Å². The number of hydrogen-bond acceptors (Lipinski definition) is 3. The van der Waals surface area contributed by atoms with Gasteiger partial charge in [0.2, 0.25) is 5.91 Å². The van der Waals surface area contributed by atoms with Crippen molar-refractivity contribution < 1.29 is 19.4 Å². The third-order valence-corrected chi connectivity index (χ3v) is 4.98. The van der Waals surface area contributed by atoms with Crippen LogP contribution >= 0.6 is 0 Å². The van der Waals surface area contributed by atoms with Crippen LogP contribution in [0.3, 0.4) is 0 Å². The minimum atomic E-state index is -0.874. The van der Waals surface area contributed by atoms with Gasteiger partial charge in [-0.1, -0.05) is 30.4 Å². The van der Waals surface area contributed by atoms with Crippen LogP contribution in [0, 0.1) is 23.7 Å². The van der Waals surface area contributed by atoms with Crippen LogP contribution in [0.25, 0.3) is 0 Å². The number of nitrogens with one attached hydrogen (secondary N) is 1. The van der Waals surface area contributed by atoms with Crippen molar-refractivity contribution in [3.05, 3.63) is 42.0 Å². The van der Waals surface area contributed by atoms with Gasteiger partial charge in [0.15, 0.2) is 0 Å². The lowest BCUT2D eigenvalue weighted by Crippen LogP contribution is -2.48. The van der Waals surface area contributed by atoms with E-state index in [4.69, 9.17) is 4.74 Å². The lowest BCUT2D eigenvalue weighted by atomic mass is 9.62. The molecular formula is C18H21NO4. The number of allylic oxidation sites excluding steroid dienone is 2. The number of para-hydroxylation sites is 1. The Morgan fingerprint density at radius 1 is 1.17 bits per heavy atom. The monoisotopic (exact) mass is 315 g/mol. The summed E-state index contributed by atoms with van der Waals surface area (Å²) in [4.78, 5) is 24.2. The molecule has 0 heterocycles. The summed E-state index contributed by atoms with van der Waals surface area (Å²) in [6.45, 7) is 0.340. The van der Waals surface area contributed by atoms with E-state index >= 15 is 0 Å². The number of carboxylic acid groups (broad SMARTS) is 1. The van der Waals surface area contributed by atoms with Crippen LogP contribution < -0.4 is 10.1 Å². The average Bonchev–Trinajstić information content (AvgIpc) is 2.59. The van der Waals surface area contributed by atoms with Gasteiger partial charge in [0, 0.05) is 12.1 Å². The molecule has 2 N–H and O–H groups in total. The van der Waals surface area contributed by atoms with E-state index < -0.39 is 17.8 Å². The second kappa shape index (κ2) is 6.44. The van der Waals surface area contributed by atoms with Crippen molar-refractivity contribution in [2.24, 2.45) is 23.7 Å². The number of benzene rings is 1. The molecular weight excluding hydrogens is 294 g/mol. The summed E-state index contributed by atoms with van der Waals surface area (Å²) in [6, 6.07) is 7.48. The zero-order valence-corrected chi connectivity index (χ0v) is 13.1. The van der Waals surface area contributed by atoms with Crippen molar-refractivity contribution >= 4 is 11.9 Å². The van der Waals surface area contributed by atoms with Crippen LogP contribution in [0.4, 0.5) is 0 Å². The normalized spacial score (nSPS) is 28.4. The highest BCUT2D eigenvalue weighted by Crippen LogP contribution is 2.45. The Hall–Kier alpha value is -2.30. The number of carbonyl (C=O) groups excluding carboxylic acids is 1. The number of aliphatic carboxylic acids is 1. The van der Waals surface area contributed by atoms with Gasteiger partial charge in [0.05, 0.1) is 18.9 Å². The zero-order valence-electron chi connectivity index (χ0n) is 13.1. The lowest BCUT2D eigenvalue weighted by Gasteiger charge is -2.41. The first-order valence-electron chi connectivity index (χ1n) is 7.92. The first kappa shape index (κ1) is 15.6. The number of carboxylic acids is 1. The first-order chi connectivity index (χ1) is 11.1. The van der Waals surface area contributed by atoms with Gasteiger partial charge < -0.3 is 15.2 Å². The van der Waals surface area contributed by atoms with Crippen molar-refractivity contribution in [2.75, 3.05) is 7.11 Å². The fourth-order valence-corrected chi connectivity index (χ4v) is 3.84. The Labute approximate surface area is 135 Å². The maximum absolute atomic E-state index is 12.6. The molecule has 1 saturated carbocycles. The van der Waals surface area contributed by atoms with E-state index in [9.17, 15) is 14.7 Å². The predicted molar refractivity (Wildman–Crippen MR) is 84.8 cm³/mol. The summed E-state index contributed by atoms with van der Waals surface area (Å²) in [5.41, 5.74) is 0.881. The van der Waals surface area contributed by atoms with E-state index in [1.165, 1.54) is 0 Å². The molecule has 2 bridgehead atoms. The molecule has 4 atom stereocenters. The quantitative estimate of drug-likeness (QED) is 0.817. The van der Waals surface area contributed by atoms with E-state index in [1.54, 1.807) is 7.11 Å². The van der Waals surface area contributed by atoms with E-state index in [2.05, 4.69) is 5.32 Å². The molecule has 5 nitrogen and oxygen atoms in total. The van der Waals surface area contributed by atoms with Gasteiger partial charge in [0.25, 0.3) is 0 Å². The lowest BCUT2D eigenvalue weighted by molar-refractivity contribution is -0.153. The molecule has 0 aliphatic heterocycles. The fraction of sp³-hybridized carbons (Fsp3) is 0.444. The largest absolute Gasteiger partial charge is 0.496 e. The highest BCUT2D eigenvalue weighted by Gasteiger charge is 2.48. The molecule has 3 aliphatic rings. The third kappa shape index (κ3) is 2.96. The molecule has 1 aromatic rings. The standard InChI is InChI=1S/C18H21NO4/c1-23-14-5-3-2-4-13(14)10-19-17(20)15-11-6-8-12(9-7-11)16(15)18(21)22/h2-6,8,11-12,15-16H,7,9-10H2,1H3,(H,19,20)(H,21,22)/t11-,12+,15+,16+/m1/s1. The Balaban J connectivity index is 1.72. The van der Waals surface area contributed by atoms with Crippen molar-refractivity contribution in [1.82, 2.24) is 5.32 Å². The summed E-state index contributed by atoms with van der Waals surface area (Å²) in [6.07, 6.45) is 5.73. The van der Waals surface area contributed by atoms with Crippen molar-refractivity contribution in [1.29, 1.82) is 0 Å². The first-order valence-corrected chi connectivity index (χ1v) is 7.92. The SMILES string of the molecule is COc1ccccc1CNC(=O)[C@@H]1[C@@H](C(=O)O)[C@H]2C=C[C@@H]1CC2. The molecule has 0 saturated heterocycles. The molecule has 1 fully saturated rings. The Bertz CT molecular complexity index is 640. The topological polar surface area (TPSA) is 75.6 Å². The summed E-state index contributed by atoms with van der Waals surface area (Å²) >= 11 is 0. The maximum atomic E-state index is 12.6. The minimum Gasteiger partial charge on any atom is -0.496 e. The van der Waals surface area contributed by atoms with Crippen LogP contribution in [-0.2, 0) is 16.1 Å². The van der Waals surface area contributed by atoms with E-state index in [0.29, 0.717) is 12.3 Å². The molecule has 4 rings (SSSR count). The number of fused-ring (bicyclic) bond motifs is 2. The summed E-state index contributed by atoms with van der Waals surface area (Å²) in [5, 5.41) is 12.4. The third-order valence-electron chi connectivity index (χ3n) is 4.98. The van der Waals surface area contributed by atoms with Crippen LogP contribution in [0.5, 0.6) is 5.75 Å². The van der Waals surface area contributed by atoms with Gasteiger partial charge >= 0.3 is 5.97 Å². The smallest absolute Gasteiger partial charge is 0.307 e. The zero-order chi connectivity index (χ0) is 16.4. The van der Waals surface area contributed by atoms with Crippen molar-refractivity contribution in [3.8, 4) is 5.75 Å². The van der Waals surface area contributed by atoms with Crippen LogP contribution in [0.2, 0.25) is 0 Å². The highest BCUT2D eigenvalue weighted by molar-refractivity contribution is 5.86. The van der Waals surface area contributed by atoms with Gasteiger partial charge in [-0.2, -0.15) is 0 Å². The van der Waals surface area contributed by atoms with Crippen LogP contribution in [0.1, 0.15) is 18.4 Å². The molecule has 1 aromatic carbocycles. The number of ether oxygens (including phenoxy) is 1. The second-order valence-corrected chi connectivity index (χ2v) is 6.21. The van der Waals surface area contributed by atoms with Gasteiger partial charge in [-0.05, 0) is 30.7 Å². The second-order valence-electron chi connectivity index (χ2n) is 6.21. The molecule has 0 spiro atoms. The van der Waals surface area contributed by atoms with E-state index in [0.717, 1.165) is 18.4 Å². The molecule has 23 heavy (non-hydrogen) atoms. The number of amides is 1. The molecule has 0 unspecified atom stereocenters. The molecule has 3 aliphatic carbocycles. The van der Waals surface area contributed by atoms with E-state index in [1.807, 2.05) is 36.4 Å². The predicted octanol–water partition coefficient (Wildman–Crippen LogP) is 2.22.